The normalized spacial score (nSPS) is 12.2. The molecule has 1 heteroatoms. The minimum absolute atomic E-state index is 1.34. The molecule has 19 heavy (non-hydrogen) atoms. The van der Waals surface area contributed by atoms with Gasteiger partial charge in [-0.25, -0.2) is 0 Å². The molecule has 5 aromatic rings. The molecule has 0 saturated heterocycles. The number of hydrogen-bond acceptors (Lipinski definition) is 1. The van der Waals surface area contributed by atoms with Gasteiger partial charge in [0.05, 0.1) is 0 Å². The van der Waals surface area contributed by atoms with Gasteiger partial charge in [-0.1, -0.05) is 42.5 Å². The quantitative estimate of drug-likeness (QED) is 0.308. The van der Waals surface area contributed by atoms with Crippen LogP contribution in [0.1, 0.15) is 0 Å². The Morgan fingerprint density at radius 2 is 1.42 bits per heavy atom. The first-order chi connectivity index (χ1) is 9.42. The Hall–Kier alpha value is -2.12. The monoisotopic (exact) mass is 258 g/mol. The van der Waals surface area contributed by atoms with E-state index in [0.29, 0.717) is 0 Å². The molecular weight excluding hydrogens is 248 g/mol. The van der Waals surface area contributed by atoms with Crippen LogP contribution in [0, 0.1) is 0 Å². The lowest BCUT2D eigenvalue weighted by atomic mass is 9.93. The van der Waals surface area contributed by atoms with E-state index in [1.54, 1.807) is 0 Å². The summed E-state index contributed by atoms with van der Waals surface area (Å²) in [5, 5.41) is 11.8. The van der Waals surface area contributed by atoms with Gasteiger partial charge in [-0.05, 0) is 49.8 Å². The third-order valence-corrected chi connectivity index (χ3v) is 5.02. The van der Waals surface area contributed by atoms with Gasteiger partial charge in [-0.3, -0.25) is 0 Å². The van der Waals surface area contributed by atoms with E-state index >= 15 is 0 Å². The first-order valence-corrected chi connectivity index (χ1v) is 7.33. The van der Waals surface area contributed by atoms with Gasteiger partial charge < -0.3 is 0 Å². The summed E-state index contributed by atoms with van der Waals surface area (Å²) >= 11 is 1.84. The fourth-order valence-electron chi connectivity index (χ4n) is 3.24. The molecule has 0 nitrogen and oxygen atoms in total. The molecular formula is C18H10S. The van der Waals surface area contributed by atoms with Crippen LogP contribution < -0.4 is 0 Å². The molecule has 0 aliphatic heterocycles. The summed E-state index contributed by atoms with van der Waals surface area (Å²) in [7, 11) is 0. The standard InChI is InChI=1S/C18H10S/c1-2-11-4-5-13-10-14-8-9-19-18(14)15-7-6-12(3-1)16(11)17(13)15/h1-10H. The van der Waals surface area contributed by atoms with Gasteiger partial charge >= 0.3 is 0 Å². The van der Waals surface area contributed by atoms with Crippen molar-refractivity contribution < 1.29 is 0 Å². The Balaban J connectivity index is 2.27. The van der Waals surface area contributed by atoms with Gasteiger partial charge in [0.2, 0.25) is 0 Å². The maximum atomic E-state index is 2.32. The average Bonchev–Trinajstić information content (AvgIpc) is 2.92. The smallest absolute Gasteiger partial charge is 0.0421 e. The van der Waals surface area contributed by atoms with Crippen LogP contribution >= 0.6 is 11.3 Å². The zero-order chi connectivity index (χ0) is 12.4. The van der Waals surface area contributed by atoms with Crippen molar-refractivity contribution in [2.75, 3.05) is 0 Å². The first-order valence-electron chi connectivity index (χ1n) is 6.45. The van der Waals surface area contributed by atoms with E-state index in [9.17, 15) is 0 Å². The van der Waals surface area contributed by atoms with Crippen LogP contribution in [-0.2, 0) is 0 Å². The number of thiophene rings is 1. The van der Waals surface area contributed by atoms with Crippen LogP contribution in [0.3, 0.4) is 0 Å². The van der Waals surface area contributed by atoms with Crippen molar-refractivity contribution in [1.82, 2.24) is 0 Å². The molecule has 4 aromatic carbocycles. The maximum absolute atomic E-state index is 2.32. The summed E-state index contributed by atoms with van der Waals surface area (Å²) in [4.78, 5) is 0. The number of hydrogen-bond donors (Lipinski definition) is 0. The van der Waals surface area contributed by atoms with Crippen molar-refractivity contribution in [2.24, 2.45) is 0 Å². The zero-order valence-electron chi connectivity index (χ0n) is 10.2. The first kappa shape index (κ1) is 9.76. The van der Waals surface area contributed by atoms with E-state index in [2.05, 4.69) is 60.0 Å². The Bertz CT molecular complexity index is 1040. The highest BCUT2D eigenvalue weighted by molar-refractivity contribution is 7.18. The van der Waals surface area contributed by atoms with Crippen LogP contribution in [0.4, 0.5) is 0 Å². The molecule has 0 amide bonds. The zero-order valence-corrected chi connectivity index (χ0v) is 11.0. The lowest BCUT2D eigenvalue weighted by Gasteiger charge is -2.11. The summed E-state index contributed by atoms with van der Waals surface area (Å²) in [5.41, 5.74) is 0. The van der Waals surface area contributed by atoms with E-state index in [1.807, 2.05) is 11.3 Å². The third kappa shape index (κ3) is 1.14. The predicted octanol–water partition coefficient (Wildman–Crippen LogP) is 5.80. The Kier molecular flexibility index (Phi) is 1.67. The highest BCUT2D eigenvalue weighted by Crippen LogP contribution is 2.39. The third-order valence-electron chi connectivity index (χ3n) is 4.06. The molecule has 0 fully saturated rings. The summed E-state index contributed by atoms with van der Waals surface area (Å²) < 4.78 is 1.41. The van der Waals surface area contributed by atoms with Crippen LogP contribution in [0.25, 0.3) is 42.4 Å². The molecule has 0 radical (unpaired) electrons. The molecule has 1 heterocycles. The predicted molar refractivity (Wildman–Crippen MR) is 85.5 cm³/mol. The van der Waals surface area contributed by atoms with Crippen molar-refractivity contribution in [3.63, 3.8) is 0 Å². The summed E-state index contributed by atoms with van der Waals surface area (Å²) in [6, 6.07) is 20.1. The van der Waals surface area contributed by atoms with Crippen molar-refractivity contribution in [1.29, 1.82) is 0 Å². The molecule has 0 unspecified atom stereocenters. The second kappa shape index (κ2) is 3.25. The van der Waals surface area contributed by atoms with E-state index in [4.69, 9.17) is 0 Å². The maximum Gasteiger partial charge on any atom is 0.0421 e. The van der Waals surface area contributed by atoms with Crippen LogP contribution in [0.5, 0.6) is 0 Å². The Labute approximate surface area is 114 Å². The summed E-state index contributed by atoms with van der Waals surface area (Å²) in [6.07, 6.45) is 0. The average molecular weight is 258 g/mol. The topological polar surface area (TPSA) is 0 Å². The van der Waals surface area contributed by atoms with Crippen LogP contribution in [0.2, 0.25) is 0 Å². The van der Waals surface area contributed by atoms with E-state index in [-0.39, 0.29) is 0 Å². The van der Waals surface area contributed by atoms with Gasteiger partial charge in [-0.2, -0.15) is 0 Å². The van der Waals surface area contributed by atoms with Gasteiger partial charge in [0.25, 0.3) is 0 Å². The van der Waals surface area contributed by atoms with Crippen molar-refractivity contribution >= 4 is 53.7 Å². The molecule has 0 spiro atoms. The second-order valence-electron chi connectivity index (χ2n) is 5.07. The number of rotatable bonds is 0. The lowest BCUT2D eigenvalue weighted by molar-refractivity contribution is 1.82. The van der Waals surface area contributed by atoms with E-state index in [0.717, 1.165) is 0 Å². The minimum atomic E-state index is 1.34. The van der Waals surface area contributed by atoms with E-state index in [1.165, 1.54) is 42.4 Å². The number of benzene rings is 4. The van der Waals surface area contributed by atoms with Crippen molar-refractivity contribution in [3.05, 3.63) is 60.0 Å². The van der Waals surface area contributed by atoms with Gasteiger partial charge in [0.1, 0.15) is 0 Å². The molecule has 0 aliphatic rings. The molecule has 1 aromatic heterocycles. The van der Waals surface area contributed by atoms with E-state index < -0.39 is 0 Å². The molecule has 0 bridgehead atoms. The highest BCUT2D eigenvalue weighted by atomic mass is 32.1. The Morgan fingerprint density at radius 1 is 0.632 bits per heavy atom. The van der Waals surface area contributed by atoms with Crippen molar-refractivity contribution in [2.45, 2.75) is 0 Å². The second-order valence-corrected chi connectivity index (χ2v) is 5.99. The molecule has 0 atom stereocenters. The SMILES string of the molecule is c1cc2ccc3cc4ccsc4c4ccc(c1)c2c34. The molecule has 88 valence electrons. The largest absolute Gasteiger partial charge is 0.143 e. The molecule has 0 saturated carbocycles. The lowest BCUT2D eigenvalue weighted by Crippen LogP contribution is -1.83. The summed E-state index contributed by atoms with van der Waals surface area (Å²) in [5.74, 6) is 0. The fraction of sp³-hybridized carbons (Fsp3) is 0. The van der Waals surface area contributed by atoms with Crippen LogP contribution in [0.15, 0.2) is 60.0 Å². The summed E-state index contributed by atoms with van der Waals surface area (Å²) in [6.45, 7) is 0. The van der Waals surface area contributed by atoms with Gasteiger partial charge in [0.15, 0.2) is 0 Å². The minimum Gasteiger partial charge on any atom is -0.143 e. The Morgan fingerprint density at radius 3 is 2.32 bits per heavy atom. The fourth-order valence-corrected chi connectivity index (χ4v) is 4.15. The van der Waals surface area contributed by atoms with Crippen LogP contribution in [-0.4, -0.2) is 0 Å². The highest BCUT2D eigenvalue weighted by Gasteiger charge is 2.10. The van der Waals surface area contributed by atoms with Gasteiger partial charge in [-0.15, -0.1) is 11.3 Å². The van der Waals surface area contributed by atoms with Crippen molar-refractivity contribution in [3.8, 4) is 0 Å². The number of fused-ring (bicyclic) bond motifs is 2. The molecule has 0 aliphatic carbocycles. The van der Waals surface area contributed by atoms with Gasteiger partial charge in [0, 0.05) is 10.1 Å². The molecule has 5 rings (SSSR count). The molecule has 0 N–H and O–H groups in total.